The molecule has 6 aromatic rings. The fourth-order valence-electron chi connectivity index (χ4n) is 9.84. The van der Waals surface area contributed by atoms with Crippen molar-refractivity contribution >= 4 is 48.1 Å². The zero-order valence-electron chi connectivity index (χ0n) is 39.2. The Balaban J connectivity index is 0.000000200. The first-order chi connectivity index (χ1) is 30.3. The van der Waals surface area contributed by atoms with E-state index in [2.05, 4.69) is 150 Å². The summed E-state index contributed by atoms with van der Waals surface area (Å²) in [5.74, 6) is 3.06. The van der Waals surface area contributed by atoms with E-state index >= 15 is 0 Å². The topological polar surface area (TPSA) is 0 Å². The first kappa shape index (κ1) is 50.8. The van der Waals surface area contributed by atoms with Crippen molar-refractivity contribution < 1.29 is 20.8 Å². The van der Waals surface area contributed by atoms with Crippen LogP contribution < -0.4 is 0 Å². The van der Waals surface area contributed by atoms with Gasteiger partial charge in [0.1, 0.15) is 0 Å². The van der Waals surface area contributed by atoms with Crippen LogP contribution in [0.5, 0.6) is 0 Å². The van der Waals surface area contributed by atoms with Gasteiger partial charge in [-0.25, -0.2) is 0 Å². The molecular weight excluding hydrogens is 887 g/mol. The summed E-state index contributed by atoms with van der Waals surface area (Å²) >= 11 is -0.826. The van der Waals surface area contributed by atoms with E-state index in [-0.39, 0.29) is 0 Å². The third kappa shape index (κ3) is 15.5. The van der Waals surface area contributed by atoms with Crippen LogP contribution in [0.2, 0.25) is 12.6 Å². The van der Waals surface area contributed by atoms with Crippen molar-refractivity contribution in [2.24, 2.45) is 11.8 Å². The van der Waals surface area contributed by atoms with Gasteiger partial charge in [-0.3, -0.25) is 0 Å². The molecule has 0 amide bonds. The number of fused-ring (bicyclic) bond motifs is 2. The summed E-state index contributed by atoms with van der Waals surface area (Å²) in [6, 6.07) is 43.3. The third-order valence-electron chi connectivity index (χ3n) is 13.9. The molecule has 0 nitrogen and oxygen atoms in total. The summed E-state index contributed by atoms with van der Waals surface area (Å²) in [6.07, 6.45) is 23.4. The third-order valence-corrected chi connectivity index (χ3v) is 14.9. The first-order valence-corrected chi connectivity index (χ1v) is 32.5. The van der Waals surface area contributed by atoms with Gasteiger partial charge in [-0.1, -0.05) is 202 Å². The van der Waals surface area contributed by atoms with Crippen LogP contribution in [0.25, 0.3) is 43.8 Å². The van der Waals surface area contributed by atoms with Gasteiger partial charge in [-0.05, 0) is 71.6 Å². The van der Waals surface area contributed by atoms with Gasteiger partial charge in [0, 0.05) is 9.52 Å². The standard InChI is InChI=1S/2C27H33.C4H10Si.2ClH.Zr/c2*1-3-20(2)23-13-15-24(16-14-23)26-12-8-11-25-18-22(19-27(25)26)17-21-9-6-4-5-7-10-21;1-3-4-5-2;;;/h2*8,11-16,18-21H,3-7,9-10,17H2,1-2H3;3-4H2,1-2H3;2*1H;/q2*-1;;;;+4/p-2. The van der Waals surface area contributed by atoms with Gasteiger partial charge < -0.3 is 0 Å². The van der Waals surface area contributed by atoms with Crippen LogP contribution in [-0.2, 0) is 33.7 Å². The van der Waals surface area contributed by atoms with Gasteiger partial charge in [0.15, 0.2) is 0 Å². The minimum absolute atomic E-state index is 0.639. The number of benzene rings is 4. The molecule has 2 aliphatic rings. The van der Waals surface area contributed by atoms with E-state index in [4.69, 9.17) is 17.0 Å². The Kier molecular flexibility index (Phi) is 22.9. The van der Waals surface area contributed by atoms with Crippen LogP contribution in [0.1, 0.15) is 165 Å². The molecule has 0 aromatic heterocycles. The number of halogens is 2. The monoisotopic (exact) mass is 960 g/mol. The predicted molar refractivity (Wildman–Crippen MR) is 276 cm³/mol. The van der Waals surface area contributed by atoms with Gasteiger partial charge in [0.25, 0.3) is 0 Å². The van der Waals surface area contributed by atoms with Crippen molar-refractivity contribution in [3.8, 4) is 22.3 Å². The van der Waals surface area contributed by atoms with Gasteiger partial charge >= 0.3 is 37.9 Å². The van der Waals surface area contributed by atoms with E-state index in [1.807, 2.05) is 0 Å². The number of hydrogen-bond donors (Lipinski definition) is 0. The van der Waals surface area contributed by atoms with E-state index in [1.54, 1.807) is 11.1 Å². The van der Waals surface area contributed by atoms with Crippen LogP contribution in [0.4, 0.5) is 0 Å². The maximum absolute atomic E-state index is 4.93. The number of rotatable bonds is 12. The van der Waals surface area contributed by atoms with E-state index in [0.717, 1.165) is 21.4 Å². The van der Waals surface area contributed by atoms with Crippen molar-refractivity contribution in [2.45, 2.75) is 168 Å². The van der Waals surface area contributed by atoms with E-state index in [0.29, 0.717) is 11.8 Å². The van der Waals surface area contributed by atoms with Crippen molar-refractivity contribution in [1.82, 2.24) is 0 Å². The van der Waals surface area contributed by atoms with Crippen molar-refractivity contribution in [3.63, 3.8) is 0 Å². The predicted octanol–water partition coefficient (Wildman–Crippen LogP) is 19.4. The molecule has 0 bridgehead atoms. The molecule has 0 aliphatic heterocycles. The van der Waals surface area contributed by atoms with Crippen LogP contribution in [-0.4, -0.2) is 9.52 Å². The second-order valence-electron chi connectivity index (χ2n) is 18.5. The van der Waals surface area contributed by atoms with Crippen LogP contribution in [0.3, 0.4) is 0 Å². The van der Waals surface area contributed by atoms with E-state index in [9.17, 15) is 0 Å². The fraction of sp³-hybridized carbons (Fsp3) is 0.483. The first-order valence-electron chi connectivity index (χ1n) is 24.5. The van der Waals surface area contributed by atoms with Gasteiger partial charge in [0.2, 0.25) is 0 Å². The summed E-state index contributed by atoms with van der Waals surface area (Å²) < 4.78 is 0. The maximum atomic E-state index is 4.93. The van der Waals surface area contributed by atoms with Crippen molar-refractivity contribution in [1.29, 1.82) is 0 Å². The average Bonchev–Trinajstić information content (AvgIpc) is 3.69. The Hall–Kier alpha value is -2.22. The van der Waals surface area contributed by atoms with Crippen LogP contribution >= 0.6 is 17.0 Å². The van der Waals surface area contributed by atoms with Crippen LogP contribution in [0, 0.1) is 11.8 Å². The fourth-order valence-corrected chi connectivity index (χ4v) is 10.3. The molecule has 330 valence electrons. The second-order valence-corrected chi connectivity index (χ2v) is 23.4. The molecule has 2 fully saturated rings. The second kappa shape index (κ2) is 28.0. The molecule has 4 heteroatoms. The summed E-state index contributed by atoms with van der Waals surface area (Å²) in [4.78, 5) is 0. The molecule has 8 rings (SSSR count). The molecule has 2 saturated carbocycles. The molecule has 0 N–H and O–H groups in total. The molecule has 62 heavy (non-hydrogen) atoms. The average molecular weight is 963 g/mol. The molecule has 2 radical (unpaired) electrons. The Morgan fingerprint density at radius 1 is 0.565 bits per heavy atom. The van der Waals surface area contributed by atoms with Gasteiger partial charge in [-0.15, -0.1) is 69.1 Å². The van der Waals surface area contributed by atoms with E-state index in [1.165, 1.54) is 170 Å². The zero-order chi connectivity index (χ0) is 44.1. The molecule has 2 unspecified atom stereocenters. The molecule has 2 aliphatic carbocycles. The van der Waals surface area contributed by atoms with E-state index < -0.39 is 20.8 Å². The molecule has 2 atom stereocenters. The quantitative estimate of drug-likeness (QED) is 0.0651. The summed E-state index contributed by atoms with van der Waals surface area (Å²) in [5, 5.41) is 5.67. The molecule has 0 heterocycles. The summed E-state index contributed by atoms with van der Waals surface area (Å²) in [5.41, 5.74) is 11.4. The van der Waals surface area contributed by atoms with Gasteiger partial charge in [-0.2, -0.15) is 12.1 Å². The molecular formula is C58H76Cl2SiZr. The summed E-state index contributed by atoms with van der Waals surface area (Å²) in [6.45, 7) is 13.6. The minimum atomic E-state index is -0.826. The van der Waals surface area contributed by atoms with Gasteiger partial charge in [0.05, 0.1) is 0 Å². The Bertz CT molecular complexity index is 1960. The summed E-state index contributed by atoms with van der Waals surface area (Å²) in [7, 11) is 11.0. The van der Waals surface area contributed by atoms with Crippen molar-refractivity contribution in [3.05, 3.63) is 131 Å². The Morgan fingerprint density at radius 2 is 0.935 bits per heavy atom. The number of hydrogen-bond acceptors (Lipinski definition) is 0. The molecule has 0 saturated heterocycles. The Morgan fingerprint density at radius 3 is 1.24 bits per heavy atom. The molecule has 6 aromatic carbocycles. The molecule has 0 spiro atoms. The SMILES string of the molecule is CCC(C)c1ccc(-c2cccc3[cH-]c(CC4CCCCCC4)cc23)cc1.CCC(C)c1ccc(-c2cccc3[cH-]c(CC4CCCCCC4)cc23)cc1.CCC[Si]C.[Cl][Zr+2][Cl]. The van der Waals surface area contributed by atoms with Crippen molar-refractivity contribution in [2.75, 3.05) is 0 Å². The Labute approximate surface area is 399 Å². The van der Waals surface area contributed by atoms with Crippen LogP contribution in [0.15, 0.2) is 109 Å². The zero-order valence-corrected chi connectivity index (χ0v) is 44.2. The normalized spacial score (nSPS) is 15.7.